The van der Waals surface area contributed by atoms with Gasteiger partial charge in [-0.1, -0.05) is 0 Å². The van der Waals surface area contributed by atoms with Crippen molar-refractivity contribution in [2.45, 2.75) is 6.92 Å². The Balaban J connectivity index is 3.02. The van der Waals surface area contributed by atoms with Crippen LogP contribution in [0.5, 0.6) is 0 Å². The first-order valence-electron chi connectivity index (χ1n) is 4.75. The van der Waals surface area contributed by atoms with E-state index in [1.165, 1.54) is 21.0 Å². The van der Waals surface area contributed by atoms with E-state index in [1.807, 2.05) is 0 Å². The summed E-state index contributed by atoms with van der Waals surface area (Å²) in [5, 5.41) is 7.24. The van der Waals surface area contributed by atoms with Gasteiger partial charge < -0.3 is 0 Å². The maximum Gasteiger partial charge on any atom is 0.332 e. The molecule has 0 saturated carbocycles. The normalized spacial score (nSPS) is 10.8. The second-order valence-electron chi connectivity index (χ2n) is 3.57. The Morgan fingerprint density at radius 2 is 1.76 bits per heavy atom. The molecule has 0 fully saturated rings. The van der Waals surface area contributed by atoms with E-state index >= 15 is 0 Å². The van der Waals surface area contributed by atoms with Gasteiger partial charge >= 0.3 is 5.69 Å². The van der Waals surface area contributed by atoms with Crippen molar-refractivity contribution in [3.63, 3.8) is 0 Å². The van der Waals surface area contributed by atoms with Crippen molar-refractivity contribution in [1.29, 1.82) is 0 Å². The minimum absolute atomic E-state index is 0.0465. The molecule has 88 valence electrons. The van der Waals surface area contributed by atoms with Crippen molar-refractivity contribution in [2.24, 2.45) is 14.1 Å². The zero-order valence-electron chi connectivity index (χ0n) is 9.46. The lowest BCUT2D eigenvalue weighted by molar-refractivity contribution is 0.100. The Bertz CT molecular complexity index is 743. The van der Waals surface area contributed by atoms with E-state index in [4.69, 9.17) is 0 Å². The van der Waals surface area contributed by atoms with E-state index < -0.39 is 17.0 Å². The second kappa shape index (κ2) is 3.58. The number of hydrogen-bond donors (Lipinski definition) is 0. The highest BCUT2D eigenvalue weighted by atomic mass is 16.2. The predicted molar refractivity (Wildman–Crippen MR) is 57.8 cm³/mol. The fraction of sp³-hybridized carbons (Fsp3) is 0.333. The summed E-state index contributed by atoms with van der Waals surface area (Å²) in [5.41, 5.74) is -1.10. The van der Waals surface area contributed by atoms with Crippen LogP contribution >= 0.6 is 0 Å². The van der Waals surface area contributed by atoms with E-state index in [0.29, 0.717) is 0 Å². The van der Waals surface area contributed by atoms with Crippen LogP contribution in [0.1, 0.15) is 17.5 Å². The summed E-state index contributed by atoms with van der Waals surface area (Å²) in [6, 6.07) is 0. The van der Waals surface area contributed by atoms with Gasteiger partial charge in [0.2, 0.25) is 5.82 Å². The third-order valence-electron chi connectivity index (χ3n) is 2.38. The molecule has 2 aromatic heterocycles. The SMILES string of the molecule is CC(=O)c1nnc2c(n1)c(=O)n(C)c(=O)n2C. The quantitative estimate of drug-likeness (QED) is 0.565. The Kier molecular flexibility index (Phi) is 2.34. The summed E-state index contributed by atoms with van der Waals surface area (Å²) in [7, 11) is 2.79. The van der Waals surface area contributed by atoms with Crippen LogP contribution < -0.4 is 11.2 Å². The zero-order chi connectivity index (χ0) is 12.7. The molecule has 0 spiro atoms. The number of hydrogen-bond acceptors (Lipinski definition) is 6. The Labute approximate surface area is 94.5 Å². The lowest BCUT2D eigenvalue weighted by atomic mass is 10.4. The molecule has 0 aliphatic carbocycles. The Hall–Kier alpha value is -2.38. The Morgan fingerprint density at radius 1 is 1.12 bits per heavy atom. The van der Waals surface area contributed by atoms with Gasteiger partial charge in [0.25, 0.3) is 5.56 Å². The van der Waals surface area contributed by atoms with E-state index in [0.717, 1.165) is 9.13 Å². The van der Waals surface area contributed by atoms with Crippen LogP contribution in [-0.4, -0.2) is 30.1 Å². The van der Waals surface area contributed by atoms with Gasteiger partial charge in [-0.15, -0.1) is 10.2 Å². The van der Waals surface area contributed by atoms with E-state index in [1.54, 1.807) is 0 Å². The number of fused-ring (bicyclic) bond motifs is 1. The summed E-state index contributed by atoms with van der Waals surface area (Å²) in [6.45, 7) is 1.27. The van der Waals surface area contributed by atoms with E-state index in [2.05, 4.69) is 15.2 Å². The van der Waals surface area contributed by atoms with Crippen molar-refractivity contribution in [3.05, 3.63) is 26.7 Å². The highest BCUT2D eigenvalue weighted by Crippen LogP contribution is 1.99. The third-order valence-corrected chi connectivity index (χ3v) is 2.38. The molecule has 0 aromatic carbocycles. The molecular formula is C9H9N5O3. The van der Waals surface area contributed by atoms with Gasteiger partial charge in [-0.2, -0.15) is 0 Å². The number of carbonyl (C=O) groups excluding carboxylic acids is 1. The topological polar surface area (TPSA) is 99.7 Å². The first-order valence-corrected chi connectivity index (χ1v) is 4.75. The average Bonchev–Trinajstić information content (AvgIpc) is 2.32. The molecule has 0 N–H and O–H groups in total. The predicted octanol–water partition coefficient (Wildman–Crippen LogP) is -1.38. The number of rotatable bonds is 1. The lowest BCUT2D eigenvalue weighted by Crippen LogP contribution is -2.38. The number of carbonyl (C=O) groups is 1. The minimum Gasteiger partial charge on any atom is -0.291 e. The van der Waals surface area contributed by atoms with Crippen LogP contribution in [0.4, 0.5) is 0 Å². The molecule has 0 bridgehead atoms. The first kappa shape index (κ1) is 11.1. The van der Waals surface area contributed by atoms with Crippen LogP contribution in [0.25, 0.3) is 11.2 Å². The number of aromatic nitrogens is 5. The highest BCUT2D eigenvalue weighted by Gasteiger charge is 2.14. The van der Waals surface area contributed by atoms with Crippen molar-refractivity contribution in [3.8, 4) is 0 Å². The van der Waals surface area contributed by atoms with Crippen LogP contribution in [0, 0.1) is 0 Å². The van der Waals surface area contributed by atoms with E-state index in [-0.39, 0.29) is 17.0 Å². The summed E-state index contributed by atoms with van der Waals surface area (Å²) in [6.07, 6.45) is 0. The summed E-state index contributed by atoms with van der Waals surface area (Å²) in [4.78, 5) is 38.3. The molecule has 0 amide bonds. The molecule has 0 unspecified atom stereocenters. The van der Waals surface area contributed by atoms with Gasteiger partial charge in [-0.25, -0.2) is 9.78 Å². The van der Waals surface area contributed by atoms with E-state index in [9.17, 15) is 14.4 Å². The van der Waals surface area contributed by atoms with Crippen LogP contribution in [0.3, 0.4) is 0 Å². The number of ketones is 1. The molecule has 0 aliphatic heterocycles. The standard InChI is InChI=1S/C9H9N5O3/c1-4(15)6-10-5-7(12-11-6)13(2)9(17)14(3)8(5)16/h1-3H3. The first-order chi connectivity index (χ1) is 7.93. The molecule has 0 aliphatic rings. The summed E-state index contributed by atoms with van der Waals surface area (Å²) < 4.78 is 2.06. The molecule has 8 nitrogen and oxygen atoms in total. The number of aryl methyl sites for hydroxylation is 1. The Morgan fingerprint density at radius 3 is 2.35 bits per heavy atom. The minimum atomic E-state index is -0.597. The third kappa shape index (κ3) is 1.53. The molecule has 2 aromatic rings. The van der Waals surface area contributed by atoms with Crippen LogP contribution in [-0.2, 0) is 14.1 Å². The maximum atomic E-state index is 11.8. The lowest BCUT2D eigenvalue weighted by Gasteiger charge is -2.04. The van der Waals surface area contributed by atoms with Gasteiger partial charge in [0.1, 0.15) is 0 Å². The number of nitrogens with zero attached hydrogens (tertiary/aromatic N) is 5. The second-order valence-corrected chi connectivity index (χ2v) is 3.57. The van der Waals surface area contributed by atoms with Gasteiger partial charge in [0.15, 0.2) is 16.9 Å². The fourth-order valence-electron chi connectivity index (χ4n) is 1.40. The van der Waals surface area contributed by atoms with Crippen LogP contribution in [0.15, 0.2) is 9.59 Å². The molecule has 0 radical (unpaired) electrons. The van der Waals surface area contributed by atoms with Gasteiger partial charge in [0.05, 0.1) is 0 Å². The molecule has 2 heterocycles. The molecular weight excluding hydrogens is 226 g/mol. The molecule has 8 heteroatoms. The van der Waals surface area contributed by atoms with Gasteiger partial charge in [-0.05, 0) is 0 Å². The smallest absolute Gasteiger partial charge is 0.291 e. The van der Waals surface area contributed by atoms with Gasteiger partial charge in [-0.3, -0.25) is 18.7 Å². The maximum absolute atomic E-state index is 11.8. The zero-order valence-corrected chi connectivity index (χ0v) is 9.46. The van der Waals surface area contributed by atoms with Crippen LogP contribution in [0.2, 0.25) is 0 Å². The van der Waals surface area contributed by atoms with Crippen molar-refractivity contribution in [1.82, 2.24) is 24.3 Å². The van der Waals surface area contributed by atoms with Gasteiger partial charge in [0, 0.05) is 21.0 Å². The molecule has 17 heavy (non-hydrogen) atoms. The summed E-state index contributed by atoms with van der Waals surface area (Å²) >= 11 is 0. The largest absolute Gasteiger partial charge is 0.332 e. The molecule has 0 saturated heterocycles. The average molecular weight is 235 g/mol. The summed E-state index contributed by atoms with van der Waals surface area (Å²) in [5.74, 6) is -0.538. The van der Waals surface area contributed by atoms with Crippen molar-refractivity contribution in [2.75, 3.05) is 0 Å². The molecule has 2 rings (SSSR count). The fourth-order valence-corrected chi connectivity index (χ4v) is 1.40. The number of Topliss-reactive ketones (excluding diaryl/α,β-unsaturated/α-hetero) is 1. The van der Waals surface area contributed by atoms with Crippen molar-refractivity contribution < 1.29 is 4.79 Å². The molecule has 0 atom stereocenters. The monoisotopic (exact) mass is 235 g/mol. The van der Waals surface area contributed by atoms with Crippen molar-refractivity contribution >= 4 is 16.9 Å². The highest BCUT2D eigenvalue weighted by molar-refractivity contribution is 5.91.